The molecule has 1 aromatic heterocycles. The van der Waals surface area contributed by atoms with Crippen LogP contribution in [0.5, 0.6) is 0 Å². The molecule has 16 heavy (non-hydrogen) atoms. The monoisotopic (exact) mass is 287 g/mol. The second-order valence-corrected chi connectivity index (χ2v) is 4.95. The summed E-state index contributed by atoms with van der Waals surface area (Å²) in [4.78, 5) is 4.06. The van der Waals surface area contributed by atoms with Gasteiger partial charge in [0, 0.05) is 23.5 Å². The van der Waals surface area contributed by atoms with Crippen LogP contribution in [0.1, 0.15) is 19.4 Å². The first-order valence-corrected chi connectivity index (χ1v) is 6.22. The van der Waals surface area contributed by atoms with E-state index in [1.54, 1.807) is 12.4 Å². The normalized spacial score (nSPS) is 11.0. The fraction of sp³-hybridized carbons (Fsp3) is 0.583. The lowest BCUT2D eigenvalue weighted by Crippen LogP contribution is -2.08. The van der Waals surface area contributed by atoms with Gasteiger partial charge in [-0.3, -0.25) is 4.98 Å². The molecule has 0 aromatic carbocycles. The number of hydrogen-bond donors (Lipinski definition) is 0. The van der Waals surface area contributed by atoms with Crippen LogP contribution in [0.3, 0.4) is 0 Å². The van der Waals surface area contributed by atoms with Crippen LogP contribution in [0.4, 0.5) is 0 Å². The van der Waals surface area contributed by atoms with Crippen molar-refractivity contribution in [3.05, 3.63) is 28.5 Å². The number of hydrogen-bond acceptors (Lipinski definition) is 3. The van der Waals surface area contributed by atoms with E-state index in [1.807, 2.05) is 6.07 Å². The molecule has 0 unspecified atom stereocenters. The van der Waals surface area contributed by atoms with Gasteiger partial charge in [-0.1, -0.05) is 13.8 Å². The van der Waals surface area contributed by atoms with Gasteiger partial charge in [0.15, 0.2) is 0 Å². The highest BCUT2D eigenvalue weighted by atomic mass is 79.9. The molecule has 3 nitrogen and oxygen atoms in total. The van der Waals surface area contributed by atoms with Crippen molar-refractivity contribution in [2.45, 2.75) is 20.5 Å². The van der Waals surface area contributed by atoms with Crippen molar-refractivity contribution >= 4 is 15.9 Å². The van der Waals surface area contributed by atoms with Crippen LogP contribution in [0.2, 0.25) is 0 Å². The topological polar surface area (TPSA) is 31.4 Å². The summed E-state index contributed by atoms with van der Waals surface area (Å²) >= 11 is 3.37. The Bertz CT molecular complexity index is 305. The Balaban J connectivity index is 2.07. The lowest BCUT2D eigenvalue weighted by molar-refractivity contribution is 0.0314. The van der Waals surface area contributed by atoms with Gasteiger partial charge in [0.2, 0.25) is 0 Å². The molecule has 0 aliphatic rings. The summed E-state index contributed by atoms with van der Waals surface area (Å²) in [6.07, 6.45) is 3.56. The predicted octanol–water partition coefficient (Wildman–Crippen LogP) is 3.03. The first-order valence-electron chi connectivity index (χ1n) is 5.43. The van der Waals surface area contributed by atoms with E-state index >= 15 is 0 Å². The molecule has 1 heterocycles. The van der Waals surface area contributed by atoms with Crippen molar-refractivity contribution in [1.82, 2.24) is 4.98 Å². The molecule has 0 aliphatic carbocycles. The number of pyridine rings is 1. The zero-order chi connectivity index (χ0) is 11.8. The van der Waals surface area contributed by atoms with Crippen molar-refractivity contribution in [3.8, 4) is 0 Å². The summed E-state index contributed by atoms with van der Waals surface area (Å²) in [5.74, 6) is 0.578. The van der Waals surface area contributed by atoms with E-state index in [1.165, 1.54) is 0 Å². The van der Waals surface area contributed by atoms with Crippen molar-refractivity contribution < 1.29 is 9.47 Å². The van der Waals surface area contributed by atoms with Crippen LogP contribution in [0.25, 0.3) is 0 Å². The third-order valence-corrected chi connectivity index (χ3v) is 2.29. The first-order chi connectivity index (χ1) is 7.68. The minimum atomic E-state index is 0.578. The highest BCUT2D eigenvalue weighted by molar-refractivity contribution is 9.10. The van der Waals surface area contributed by atoms with Gasteiger partial charge in [-0.05, 0) is 33.5 Å². The fourth-order valence-corrected chi connectivity index (χ4v) is 1.57. The second-order valence-electron chi connectivity index (χ2n) is 4.03. The third-order valence-electron chi connectivity index (χ3n) is 1.85. The van der Waals surface area contributed by atoms with E-state index in [9.17, 15) is 0 Å². The van der Waals surface area contributed by atoms with Gasteiger partial charge < -0.3 is 9.47 Å². The van der Waals surface area contributed by atoms with Gasteiger partial charge in [0.1, 0.15) is 0 Å². The van der Waals surface area contributed by atoms with Crippen LogP contribution in [-0.4, -0.2) is 24.8 Å². The highest BCUT2D eigenvalue weighted by Crippen LogP contribution is 2.10. The third kappa shape index (κ3) is 6.20. The van der Waals surface area contributed by atoms with Gasteiger partial charge in [0.05, 0.1) is 19.8 Å². The Morgan fingerprint density at radius 2 is 2.00 bits per heavy atom. The quantitative estimate of drug-likeness (QED) is 0.723. The predicted molar refractivity (Wildman–Crippen MR) is 67.3 cm³/mol. The van der Waals surface area contributed by atoms with E-state index in [4.69, 9.17) is 9.47 Å². The number of rotatable bonds is 7. The maximum atomic E-state index is 5.47. The Labute approximate surface area is 105 Å². The Kier molecular flexibility index (Phi) is 6.61. The summed E-state index contributed by atoms with van der Waals surface area (Å²) in [6.45, 7) is 6.92. The molecular weight excluding hydrogens is 270 g/mol. The summed E-state index contributed by atoms with van der Waals surface area (Å²) < 4.78 is 11.9. The van der Waals surface area contributed by atoms with Gasteiger partial charge >= 0.3 is 0 Å². The summed E-state index contributed by atoms with van der Waals surface area (Å²) in [7, 11) is 0. The van der Waals surface area contributed by atoms with Crippen molar-refractivity contribution in [3.63, 3.8) is 0 Å². The molecule has 4 heteroatoms. The zero-order valence-corrected chi connectivity index (χ0v) is 11.4. The van der Waals surface area contributed by atoms with Crippen LogP contribution in [0, 0.1) is 5.92 Å². The van der Waals surface area contributed by atoms with Crippen LogP contribution in [-0.2, 0) is 16.1 Å². The molecule has 0 N–H and O–H groups in total. The lowest BCUT2D eigenvalue weighted by Gasteiger charge is -2.07. The van der Waals surface area contributed by atoms with Crippen LogP contribution < -0.4 is 0 Å². The lowest BCUT2D eigenvalue weighted by atomic mass is 10.2. The highest BCUT2D eigenvalue weighted by Gasteiger charge is 1.96. The molecule has 1 aromatic rings. The summed E-state index contributed by atoms with van der Waals surface area (Å²) in [5, 5.41) is 0. The Morgan fingerprint density at radius 3 is 2.69 bits per heavy atom. The van der Waals surface area contributed by atoms with Crippen LogP contribution >= 0.6 is 15.9 Å². The largest absolute Gasteiger partial charge is 0.379 e. The molecule has 0 saturated carbocycles. The van der Waals surface area contributed by atoms with E-state index < -0.39 is 0 Å². The number of nitrogens with zero attached hydrogens (tertiary/aromatic N) is 1. The molecule has 0 radical (unpaired) electrons. The average Bonchev–Trinajstić information content (AvgIpc) is 2.23. The van der Waals surface area contributed by atoms with E-state index in [-0.39, 0.29) is 0 Å². The summed E-state index contributed by atoms with van der Waals surface area (Å²) in [5.41, 5.74) is 1.07. The van der Waals surface area contributed by atoms with E-state index in [0.29, 0.717) is 25.7 Å². The summed E-state index contributed by atoms with van der Waals surface area (Å²) in [6, 6.07) is 2.00. The number of aromatic nitrogens is 1. The SMILES string of the molecule is CC(C)COCCOCc1cncc(Br)c1. The molecule has 0 spiro atoms. The minimum absolute atomic E-state index is 0.578. The van der Waals surface area contributed by atoms with Gasteiger partial charge in [-0.2, -0.15) is 0 Å². The fourth-order valence-electron chi connectivity index (χ4n) is 1.16. The number of ether oxygens (including phenoxy) is 2. The molecule has 90 valence electrons. The molecule has 0 amide bonds. The van der Waals surface area contributed by atoms with Gasteiger partial charge in [0.25, 0.3) is 0 Å². The Hall–Kier alpha value is -0.450. The molecular formula is C12H18BrNO2. The molecule has 0 fully saturated rings. The van der Waals surface area contributed by atoms with Crippen LogP contribution in [0.15, 0.2) is 22.9 Å². The molecule has 0 atom stereocenters. The zero-order valence-electron chi connectivity index (χ0n) is 9.78. The number of halogens is 1. The maximum Gasteiger partial charge on any atom is 0.0733 e. The molecule has 0 aliphatic heterocycles. The second kappa shape index (κ2) is 7.76. The molecule has 0 bridgehead atoms. The van der Waals surface area contributed by atoms with Gasteiger partial charge in [-0.15, -0.1) is 0 Å². The molecule has 1 rings (SSSR count). The Morgan fingerprint density at radius 1 is 1.25 bits per heavy atom. The maximum absolute atomic E-state index is 5.47. The smallest absolute Gasteiger partial charge is 0.0733 e. The van der Waals surface area contributed by atoms with Gasteiger partial charge in [-0.25, -0.2) is 0 Å². The molecule has 0 saturated heterocycles. The average molecular weight is 288 g/mol. The standard InChI is InChI=1S/C12H18BrNO2/c1-10(2)8-15-3-4-16-9-11-5-12(13)7-14-6-11/h5-7,10H,3-4,8-9H2,1-2H3. The van der Waals surface area contributed by atoms with E-state index in [0.717, 1.165) is 16.6 Å². The van der Waals surface area contributed by atoms with Crippen molar-refractivity contribution in [2.75, 3.05) is 19.8 Å². The van der Waals surface area contributed by atoms with Crippen molar-refractivity contribution in [2.24, 2.45) is 5.92 Å². The first kappa shape index (κ1) is 13.6. The van der Waals surface area contributed by atoms with E-state index in [2.05, 4.69) is 34.8 Å². The van der Waals surface area contributed by atoms with Crippen molar-refractivity contribution in [1.29, 1.82) is 0 Å². The minimum Gasteiger partial charge on any atom is -0.379 e.